The zero-order valence-electron chi connectivity index (χ0n) is 14.5. The predicted octanol–water partition coefficient (Wildman–Crippen LogP) is 3.27. The Hall–Kier alpha value is -3.54. The first-order valence-corrected chi connectivity index (χ1v) is 8.04. The lowest BCUT2D eigenvalue weighted by Crippen LogP contribution is -2.09. The number of hydrogen-bond acceptors (Lipinski definition) is 5. The van der Waals surface area contributed by atoms with Gasteiger partial charge in [0.05, 0.1) is 0 Å². The fraction of sp³-hybridized carbons (Fsp3) is 0.100. The first-order chi connectivity index (χ1) is 12.4. The van der Waals surface area contributed by atoms with Gasteiger partial charge in [-0.05, 0) is 60.7 Å². The summed E-state index contributed by atoms with van der Waals surface area (Å²) in [6.45, 7) is 3.39. The van der Waals surface area contributed by atoms with E-state index >= 15 is 0 Å². The van der Waals surface area contributed by atoms with Crippen molar-refractivity contribution in [1.82, 2.24) is 9.97 Å². The van der Waals surface area contributed by atoms with Crippen LogP contribution in [0.1, 0.15) is 12.5 Å². The van der Waals surface area contributed by atoms with Crippen LogP contribution in [0.25, 0.3) is 21.9 Å². The smallest absolute Gasteiger partial charge is 0.249 e. The van der Waals surface area contributed by atoms with Crippen LogP contribution in [-0.4, -0.2) is 21.7 Å². The molecule has 0 aliphatic rings. The topological polar surface area (TPSA) is 98.0 Å². The summed E-state index contributed by atoms with van der Waals surface area (Å²) in [5.74, 6) is -0.231. The molecule has 2 aromatic heterocycles. The molecule has 0 aliphatic carbocycles. The lowest BCUT2D eigenvalue weighted by molar-refractivity contribution is -0.114. The number of allylic oxidation sites excluding steroid dienone is 1. The van der Waals surface area contributed by atoms with Crippen molar-refractivity contribution in [1.29, 1.82) is 0 Å². The Kier molecular flexibility index (Phi) is 4.75. The number of pyridine rings is 2. The van der Waals surface area contributed by atoms with Gasteiger partial charge in [-0.25, -0.2) is 4.98 Å². The Balaban J connectivity index is 1.99. The maximum absolute atomic E-state index is 11.8. The summed E-state index contributed by atoms with van der Waals surface area (Å²) in [6, 6.07) is 7.57. The van der Waals surface area contributed by atoms with Crippen LogP contribution >= 0.6 is 0 Å². The van der Waals surface area contributed by atoms with Gasteiger partial charge in [-0.3, -0.25) is 14.6 Å². The largest absolute Gasteiger partial charge is 0.398 e. The minimum Gasteiger partial charge on any atom is -0.398 e. The third kappa shape index (κ3) is 3.75. The first-order valence-electron chi connectivity index (χ1n) is 8.04. The molecule has 0 atom stereocenters. The quantitative estimate of drug-likeness (QED) is 0.558. The van der Waals surface area contributed by atoms with E-state index in [1.54, 1.807) is 24.7 Å². The highest BCUT2D eigenvalue weighted by atomic mass is 16.1. The molecule has 6 nitrogen and oxygen atoms in total. The van der Waals surface area contributed by atoms with Crippen molar-refractivity contribution in [2.45, 2.75) is 13.8 Å². The number of fused-ring (bicyclic) bond motifs is 1. The van der Waals surface area contributed by atoms with Crippen LogP contribution < -0.4 is 11.1 Å². The van der Waals surface area contributed by atoms with Crippen LogP contribution in [-0.2, 0) is 9.59 Å². The molecule has 3 N–H and O–H groups in total. The summed E-state index contributed by atoms with van der Waals surface area (Å²) in [5, 5.41) is 4.29. The Bertz CT molecular complexity index is 1040. The average Bonchev–Trinajstić information content (AvgIpc) is 2.60. The summed E-state index contributed by atoms with van der Waals surface area (Å²) < 4.78 is 0. The molecule has 0 bridgehead atoms. The number of ketones is 1. The molecular weight excluding hydrogens is 328 g/mol. The van der Waals surface area contributed by atoms with Crippen LogP contribution in [0.4, 0.5) is 11.5 Å². The van der Waals surface area contributed by atoms with Crippen LogP contribution in [0.5, 0.6) is 0 Å². The fourth-order valence-electron chi connectivity index (χ4n) is 2.64. The van der Waals surface area contributed by atoms with Gasteiger partial charge in [0.25, 0.3) is 0 Å². The fourth-order valence-corrected chi connectivity index (χ4v) is 2.64. The number of nitrogens with two attached hydrogens (primary N) is 1. The zero-order chi connectivity index (χ0) is 18.7. The van der Waals surface area contributed by atoms with Gasteiger partial charge in [-0.15, -0.1) is 0 Å². The predicted molar refractivity (Wildman–Crippen MR) is 103 cm³/mol. The summed E-state index contributed by atoms with van der Waals surface area (Å²) in [7, 11) is 0. The molecule has 0 aliphatic heterocycles. The number of aromatic nitrogens is 2. The number of benzene rings is 1. The van der Waals surface area contributed by atoms with Crippen LogP contribution in [0.15, 0.2) is 55.0 Å². The van der Waals surface area contributed by atoms with E-state index < -0.39 is 5.91 Å². The molecule has 0 unspecified atom stereocenters. The van der Waals surface area contributed by atoms with Crippen LogP contribution in [0, 0.1) is 6.92 Å². The Labute approximate surface area is 150 Å². The average molecular weight is 346 g/mol. The monoisotopic (exact) mass is 346 g/mol. The number of amides is 1. The molecular formula is C20H18N4O2. The zero-order valence-corrected chi connectivity index (χ0v) is 14.5. The molecule has 2 heterocycles. The SMILES string of the molecule is CC(=O)/C=C\C(=O)Nc1cc2cc(-c3cnccc3C)cc(N)c2cn1. The molecule has 130 valence electrons. The third-order valence-electron chi connectivity index (χ3n) is 3.94. The standard InChI is InChI=1S/C20H18N4O2/c1-12-5-6-22-10-16(12)14-7-15-9-19(23-11-17(15)18(21)8-14)24-20(26)4-3-13(2)25/h3-11H,21H2,1-2H3,(H,23,24,26)/b4-3-. The van der Waals surface area contributed by atoms with E-state index in [0.29, 0.717) is 11.5 Å². The summed E-state index contributed by atoms with van der Waals surface area (Å²) in [5.41, 5.74) is 9.81. The summed E-state index contributed by atoms with van der Waals surface area (Å²) >= 11 is 0. The number of hydrogen-bond donors (Lipinski definition) is 2. The summed E-state index contributed by atoms with van der Waals surface area (Å²) in [6.07, 6.45) is 7.55. The Morgan fingerprint density at radius 3 is 2.69 bits per heavy atom. The molecule has 0 saturated carbocycles. The highest BCUT2D eigenvalue weighted by Gasteiger charge is 2.08. The van der Waals surface area contributed by atoms with E-state index in [2.05, 4.69) is 15.3 Å². The first kappa shape index (κ1) is 17.3. The number of rotatable bonds is 4. The maximum Gasteiger partial charge on any atom is 0.249 e. The molecule has 1 aromatic carbocycles. The second-order valence-corrected chi connectivity index (χ2v) is 5.98. The highest BCUT2D eigenvalue weighted by Crippen LogP contribution is 2.31. The molecule has 0 saturated heterocycles. The van der Waals surface area contributed by atoms with Crippen molar-refractivity contribution in [3.63, 3.8) is 0 Å². The number of aryl methyl sites for hydroxylation is 1. The van der Waals surface area contributed by atoms with Crippen molar-refractivity contribution >= 4 is 34.0 Å². The third-order valence-corrected chi connectivity index (χ3v) is 3.94. The number of carbonyl (C=O) groups is 2. The van der Waals surface area contributed by atoms with Gasteiger partial charge < -0.3 is 11.1 Å². The lowest BCUT2D eigenvalue weighted by Gasteiger charge is -2.10. The van der Waals surface area contributed by atoms with Gasteiger partial charge in [0, 0.05) is 41.3 Å². The van der Waals surface area contributed by atoms with Crippen LogP contribution in [0.2, 0.25) is 0 Å². The summed E-state index contributed by atoms with van der Waals surface area (Å²) in [4.78, 5) is 31.1. The van der Waals surface area contributed by atoms with E-state index in [4.69, 9.17) is 5.73 Å². The van der Waals surface area contributed by atoms with E-state index in [-0.39, 0.29) is 5.78 Å². The van der Waals surface area contributed by atoms with Crippen molar-refractivity contribution < 1.29 is 9.59 Å². The number of anilines is 2. The van der Waals surface area contributed by atoms with E-state index in [1.165, 1.54) is 19.1 Å². The number of nitrogens with one attached hydrogen (secondary N) is 1. The lowest BCUT2D eigenvalue weighted by atomic mass is 9.99. The van der Waals surface area contributed by atoms with Gasteiger partial charge in [-0.2, -0.15) is 0 Å². The molecule has 0 fully saturated rings. The highest BCUT2D eigenvalue weighted by molar-refractivity contribution is 6.04. The van der Waals surface area contributed by atoms with Crippen molar-refractivity contribution in [3.05, 3.63) is 60.6 Å². The molecule has 0 radical (unpaired) electrons. The van der Waals surface area contributed by atoms with Gasteiger partial charge >= 0.3 is 0 Å². The second kappa shape index (κ2) is 7.14. The minimum absolute atomic E-state index is 0.198. The van der Waals surface area contributed by atoms with E-state index in [9.17, 15) is 9.59 Å². The van der Waals surface area contributed by atoms with E-state index in [1.807, 2.05) is 25.1 Å². The molecule has 0 spiro atoms. The van der Waals surface area contributed by atoms with Gasteiger partial charge in [0.15, 0.2) is 5.78 Å². The molecule has 3 aromatic rings. The van der Waals surface area contributed by atoms with Crippen molar-refractivity contribution in [2.75, 3.05) is 11.1 Å². The second-order valence-electron chi connectivity index (χ2n) is 5.98. The van der Waals surface area contributed by atoms with Gasteiger partial charge in [0.1, 0.15) is 5.82 Å². The van der Waals surface area contributed by atoms with Gasteiger partial charge in [-0.1, -0.05) is 0 Å². The Morgan fingerprint density at radius 1 is 1.15 bits per heavy atom. The molecule has 3 rings (SSSR count). The Morgan fingerprint density at radius 2 is 1.96 bits per heavy atom. The molecule has 1 amide bonds. The normalized spacial score (nSPS) is 11.0. The maximum atomic E-state index is 11.8. The van der Waals surface area contributed by atoms with Crippen molar-refractivity contribution in [2.24, 2.45) is 0 Å². The van der Waals surface area contributed by atoms with Crippen LogP contribution in [0.3, 0.4) is 0 Å². The number of nitrogen functional groups attached to an aromatic ring is 1. The molecule has 6 heteroatoms. The molecule has 26 heavy (non-hydrogen) atoms. The van der Waals surface area contributed by atoms with Crippen molar-refractivity contribution in [3.8, 4) is 11.1 Å². The number of carbonyl (C=O) groups excluding carboxylic acids is 2. The van der Waals surface area contributed by atoms with E-state index in [0.717, 1.165) is 27.5 Å². The number of nitrogens with zero attached hydrogens (tertiary/aromatic N) is 2. The minimum atomic E-state index is -0.417. The van der Waals surface area contributed by atoms with Gasteiger partial charge in [0.2, 0.25) is 5.91 Å².